The van der Waals surface area contributed by atoms with Gasteiger partial charge in [-0.2, -0.15) is 5.10 Å². The maximum Gasteiger partial charge on any atom is 0.165 e. The summed E-state index contributed by atoms with van der Waals surface area (Å²) in [6.45, 7) is 4.78. The second-order valence-corrected chi connectivity index (χ2v) is 3.90. The molecule has 4 heteroatoms. The fraction of sp³-hybridized carbons (Fsp3) is 0.308. The van der Waals surface area contributed by atoms with Gasteiger partial charge in [0.25, 0.3) is 0 Å². The van der Waals surface area contributed by atoms with Crippen molar-refractivity contribution < 1.29 is 9.84 Å². The highest BCUT2D eigenvalue weighted by Gasteiger charge is 2.06. The number of hydrogen-bond donors (Lipinski definition) is 1. The Hall–Kier alpha value is -1.81. The molecule has 90 valence electrons. The zero-order chi connectivity index (χ0) is 12.3. The number of rotatable bonds is 4. The van der Waals surface area contributed by atoms with Crippen LogP contribution >= 0.6 is 0 Å². The summed E-state index contributed by atoms with van der Waals surface area (Å²) in [7, 11) is 0. The van der Waals surface area contributed by atoms with E-state index < -0.39 is 0 Å². The minimum atomic E-state index is -0.0288. The maximum atomic E-state index is 9.27. The molecule has 0 unspecified atom stereocenters. The molecular formula is C13H16N2O2. The van der Waals surface area contributed by atoms with Gasteiger partial charge in [-0.25, -0.2) is 0 Å². The first-order valence-electron chi connectivity index (χ1n) is 5.63. The average molecular weight is 232 g/mol. The van der Waals surface area contributed by atoms with Gasteiger partial charge in [-0.3, -0.25) is 4.68 Å². The lowest BCUT2D eigenvalue weighted by atomic mass is 10.1. The van der Waals surface area contributed by atoms with Gasteiger partial charge in [0.05, 0.1) is 19.0 Å². The van der Waals surface area contributed by atoms with Crippen LogP contribution in [0, 0.1) is 6.92 Å². The summed E-state index contributed by atoms with van der Waals surface area (Å²) < 4.78 is 7.49. The largest absolute Gasteiger partial charge is 0.454 e. The summed E-state index contributed by atoms with van der Waals surface area (Å²) in [5, 5.41) is 13.4. The van der Waals surface area contributed by atoms with Crippen LogP contribution < -0.4 is 4.74 Å². The Morgan fingerprint density at radius 2 is 2.24 bits per heavy atom. The first-order chi connectivity index (χ1) is 8.22. The van der Waals surface area contributed by atoms with E-state index in [9.17, 15) is 5.11 Å². The monoisotopic (exact) mass is 232 g/mol. The lowest BCUT2D eigenvalue weighted by molar-refractivity contribution is 0.276. The van der Waals surface area contributed by atoms with E-state index in [1.807, 2.05) is 38.2 Å². The zero-order valence-corrected chi connectivity index (χ0v) is 10.1. The Morgan fingerprint density at radius 3 is 2.88 bits per heavy atom. The summed E-state index contributed by atoms with van der Waals surface area (Å²) >= 11 is 0. The van der Waals surface area contributed by atoms with Gasteiger partial charge in [0.2, 0.25) is 0 Å². The van der Waals surface area contributed by atoms with Crippen LogP contribution in [-0.2, 0) is 13.2 Å². The van der Waals surface area contributed by atoms with E-state index in [-0.39, 0.29) is 6.61 Å². The van der Waals surface area contributed by atoms with Crippen molar-refractivity contribution in [3.8, 4) is 11.5 Å². The molecule has 1 heterocycles. The molecule has 0 saturated carbocycles. The van der Waals surface area contributed by atoms with Crippen molar-refractivity contribution in [2.24, 2.45) is 0 Å². The second kappa shape index (κ2) is 5.01. The van der Waals surface area contributed by atoms with Gasteiger partial charge in [0, 0.05) is 12.1 Å². The molecule has 0 atom stereocenters. The van der Waals surface area contributed by atoms with E-state index in [2.05, 4.69) is 5.10 Å². The Kier molecular flexibility index (Phi) is 3.44. The molecule has 17 heavy (non-hydrogen) atoms. The molecule has 0 radical (unpaired) electrons. The lowest BCUT2D eigenvalue weighted by Gasteiger charge is -2.08. The fourth-order valence-electron chi connectivity index (χ4n) is 1.63. The van der Waals surface area contributed by atoms with Crippen LogP contribution in [0.15, 0.2) is 30.6 Å². The normalized spacial score (nSPS) is 10.5. The number of aromatic nitrogens is 2. The molecule has 2 aromatic rings. The van der Waals surface area contributed by atoms with Gasteiger partial charge in [0.15, 0.2) is 5.75 Å². The number of nitrogens with zero attached hydrogens (tertiary/aromatic N) is 2. The molecule has 0 aliphatic heterocycles. The summed E-state index contributed by atoms with van der Waals surface area (Å²) in [4.78, 5) is 0. The topological polar surface area (TPSA) is 47.3 Å². The van der Waals surface area contributed by atoms with Crippen molar-refractivity contribution in [2.45, 2.75) is 27.0 Å². The first-order valence-corrected chi connectivity index (χ1v) is 5.63. The lowest BCUT2D eigenvalue weighted by Crippen LogP contribution is -1.93. The molecule has 2 rings (SSSR count). The highest BCUT2D eigenvalue weighted by atomic mass is 16.5. The Balaban J connectivity index is 2.23. The first kappa shape index (κ1) is 11.7. The van der Waals surface area contributed by atoms with E-state index in [1.54, 1.807) is 10.9 Å². The van der Waals surface area contributed by atoms with Crippen LogP contribution in [-0.4, -0.2) is 14.9 Å². The number of aryl methyl sites for hydroxylation is 2. The van der Waals surface area contributed by atoms with Crippen LogP contribution in [0.2, 0.25) is 0 Å². The predicted molar refractivity (Wildman–Crippen MR) is 65.1 cm³/mol. The van der Waals surface area contributed by atoms with Crippen LogP contribution in [0.3, 0.4) is 0 Å². The third kappa shape index (κ3) is 2.65. The highest BCUT2D eigenvalue weighted by molar-refractivity contribution is 5.39. The van der Waals surface area contributed by atoms with Gasteiger partial charge in [-0.1, -0.05) is 17.7 Å². The molecule has 0 aliphatic carbocycles. The van der Waals surface area contributed by atoms with E-state index in [4.69, 9.17) is 4.74 Å². The van der Waals surface area contributed by atoms with Crippen LogP contribution in [0.1, 0.15) is 18.1 Å². The number of hydrogen-bond acceptors (Lipinski definition) is 3. The predicted octanol–water partition coefficient (Wildman–Crippen LogP) is 2.50. The number of benzene rings is 1. The molecular weight excluding hydrogens is 216 g/mol. The molecule has 1 aromatic heterocycles. The van der Waals surface area contributed by atoms with Gasteiger partial charge in [-0.15, -0.1) is 0 Å². The van der Waals surface area contributed by atoms with Crippen LogP contribution in [0.25, 0.3) is 0 Å². The molecule has 0 spiro atoms. The maximum absolute atomic E-state index is 9.27. The van der Waals surface area contributed by atoms with Crippen molar-refractivity contribution in [3.63, 3.8) is 0 Å². The summed E-state index contributed by atoms with van der Waals surface area (Å²) in [5.74, 6) is 1.36. The average Bonchev–Trinajstić information content (AvgIpc) is 2.79. The van der Waals surface area contributed by atoms with E-state index in [1.165, 1.54) is 0 Å². The smallest absolute Gasteiger partial charge is 0.165 e. The molecule has 4 nitrogen and oxygen atoms in total. The fourth-order valence-corrected chi connectivity index (χ4v) is 1.63. The summed E-state index contributed by atoms with van der Waals surface area (Å²) in [5.41, 5.74) is 1.89. The highest BCUT2D eigenvalue weighted by Crippen LogP contribution is 2.25. The minimum absolute atomic E-state index is 0.0288. The van der Waals surface area contributed by atoms with Crippen molar-refractivity contribution in [1.29, 1.82) is 0 Å². The molecule has 0 bridgehead atoms. The Labute approximate surface area is 100 Å². The number of aliphatic hydroxyl groups is 1. The third-order valence-electron chi connectivity index (χ3n) is 2.55. The SMILES string of the molecule is CCn1cc(Oc2ccc(C)cc2CO)cn1. The van der Waals surface area contributed by atoms with Crippen LogP contribution in [0.5, 0.6) is 11.5 Å². The summed E-state index contributed by atoms with van der Waals surface area (Å²) in [6, 6.07) is 5.74. The van der Waals surface area contributed by atoms with Gasteiger partial charge in [-0.05, 0) is 19.9 Å². The molecule has 1 N–H and O–H groups in total. The summed E-state index contributed by atoms with van der Waals surface area (Å²) in [6.07, 6.45) is 3.51. The molecule has 0 saturated heterocycles. The van der Waals surface area contributed by atoms with Crippen molar-refractivity contribution >= 4 is 0 Å². The van der Waals surface area contributed by atoms with E-state index >= 15 is 0 Å². The van der Waals surface area contributed by atoms with Crippen molar-refractivity contribution in [3.05, 3.63) is 41.7 Å². The minimum Gasteiger partial charge on any atom is -0.454 e. The standard InChI is InChI=1S/C13H16N2O2/c1-3-15-8-12(7-14-15)17-13-5-4-10(2)6-11(13)9-16/h4-8,16H,3,9H2,1-2H3. The van der Waals surface area contributed by atoms with Crippen molar-refractivity contribution in [1.82, 2.24) is 9.78 Å². The quantitative estimate of drug-likeness (QED) is 0.881. The molecule has 0 fully saturated rings. The third-order valence-corrected chi connectivity index (χ3v) is 2.55. The Bertz CT molecular complexity index is 506. The molecule has 0 amide bonds. The van der Waals surface area contributed by atoms with Gasteiger partial charge in [0.1, 0.15) is 5.75 Å². The van der Waals surface area contributed by atoms with Gasteiger partial charge < -0.3 is 9.84 Å². The number of ether oxygens (including phenoxy) is 1. The van der Waals surface area contributed by atoms with E-state index in [0.717, 1.165) is 17.7 Å². The Morgan fingerprint density at radius 1 is 1.41 bits per heavy atom. The second-order valence-electron chi connectivity index (χ2n) is 3.90. The molecule has 1 aromatic carbocycles. The molecule has 0 aliphatic rings. The van der Waals surface area contributed by atoms with Crippen LogP contribution in [0.4, 0.5) is 0 Å². The van der Waals surface area contributed by atoms with Gasteiger partial charge >= 0.3 is 0 Å². The number of aliphatic hydroxyl groups excluding tert-OH is 1. The zero-order valence-electron chi connectivity index (χ0n) is 10.1. The van der Waals surface area contributed by atoms with Crippen molar-refractivity contribution in [2.75, 3.05) is 0 Å². The van der Waals surface area contributed by atoms with E-state index in [0.29, 0.717) is 11.5 Å².